The molecular formula is C13H18Cl2N2O. The van der Waals surface area contributed by atoms with Crippen LogP contribution in [-0.2, 0) is 11.3 Å². The zero-order valence-corrected chi connectivity index (χ0v) is 12.0. The molecule has 0 bridgehead atoms. The van der Waals surface area contributed by atoms with Crippen LogP contribution in [0.5, 0.6) is 0 Å². The number of ether oxygens (including phenoxy) is 1. The van der Waals surface area contributed by atoms with Gasteiger partial charge in [0.05, 0.1) is 21.8 Å². The van der Waals surface area contributed by atoms with Gasteiger partial charge in [0.2, 0.25) is 0 Å². The SMILES string of the molecule is CC1CN(Cc2cc(Cl)c(N)c(Cl)c2)CCCO1. The van der Waals surface area contributed by atoms with Crippen LogP contribution in [0.25, 0.3) is 0 Å². The number of nitrogens with zero attached hydrogens (tertiary/aromatic N) is 1. The van der Waals surface area contributed by atoms with Crippen LogP contribution in [0.3, 0.4) is 0 Å². The maximum atomic E-state index is 6.05. The van der Waals surface area contributed by atoms with Crippen molar-refractivity contribution < 1.29 is 4.74 Å². The average molecular weight is 289 g/mol. The molecule has 1 heterocycles. The molecule has 0 radical (unpaired) electrons. The van der Waals surface area contributed by atoms with Crippen LogP contribution in [0.1, 0.15) is 18.9 Å². The number of hydrogen-bond acceptors (Lipinski definition) is 3. The molecule has 1 saturated heterocycles. The Labute approximate surface area is 118 Å². The molecule has 1 aliphatic heterocycles. The maximum Gasteiger partial charge on any atom is 0.0693 e. The van der Waals surface area contributed by atoms with Crippen molar-refractivity contribution in [1.82, 2.24) is 4.90 Å². The number of anilines is 1. The number of hydrogen-bond donors (Lipinski definition) is 1. The fourth-order valence-electron chi connectivity index (χ4n) is 2.21. The van der Waals surface area contributed by atoms with Crippen molar-refractivity contribution in [2.75, 3.05) is 25.4 Å². The minimum Gasteiger partial charge on any atom is -0.396 e. The highest BCUT2D eigenvalue weighted by Gasteiger charge is 2.16. The van der Waals surface area contributed by atoms with E-state index in [-0.39, 0.29) is 6.10 Å². The molecule has 1 fully saturated rings. The molecule has 3 nitrogen and oxygen atoms in total. The molecule has 2 rings (SSSR count). The third-order valence-electron chi connectivity index (χ3n) is 3.08. The lowest BCUT2D eigenvalue weighted by Gasteiger charge is -2.22. The summed E-state index contributed by atoms with van der Waals surface area (Å²) in [5.41, 5.74) is 7.28. The quantitative estimate of drug-likeness (QED) is 0.850. The van der Waals surface area contributed by atoms with E-state index in [2.05, 4.69) is 11.8 Å². The second-order valence-corrected chi connectivity index (χ2v) is 5.56. The van der Waals surface area contributed by atoms with E-state index < -0.39 is 0 Å². The number of halogens is 2. The smallest absolute Gasteiger partial charge is 0.0693 e. The predicted molar refractivity (Wildman–Crippen MR) is 76.2 cm³/mol. The van der Waals surface area contributed by atoms with Crippen molar-refractivity contribution in [3.05, 3.63) is 27.7 Å². The van der Waals surface area contributed by atoms with Crippen LogP contribution in [0.4, 0.5) is 5.69 Å². The van der Waals surface area contributed by atoms with Crippen molar-refractivity contribution in [3.8, 4) is 0 Å². The minimum atomic E-state index is 0.271. The van der Waals surface area contributed by atoms with Crippen LogP contribution in [0.2, 0.25) is 10.0 Å². The summed E-state index contributed by atoms with van der Waals surface area (Å²) in [6, 6.07) is 3.78. The Bertz CT molecular complexity index is 402. The first-order valence-corrected chi connectivity index (χ1v) is 6.89. The largest absolute Gasteiger partial charge is 0.396 e. The van der Waals surface area contributed by atoms with Crippen LogP contribution in [0, 0.1) is 0 Å². The lowest BCUT2D eigenvalue weighted by atomic mass is 10.2. The molecule has 1 aromatic rings. The van der Waals surface area contributed by atoms with Gasteiger partial charge >= 0.3 is 0 Å². The Morgan fingerprint density at radius 3 is 2.72 bits per heavy atom. The second kappa shape index (κ2) is 6.11. The number of rotatable bonds is 2. The van der Waals surface area contributed by atoms with Crippen LogP contribution in [0.15, 0.2) is 12.1 Å². The topological polar surface area (TPSA) is 38.5 Å². The summed E-state index contributed by atoms with van der Waals surface area (Å²) < 4.78 is 5.62. The van der Waals surface area contributed by atoms with Gasteiger partial charge in [0.1, 0.15) is 0 Å². The molecule has 1 aromatic carbocycles. The maximum absolute atomic E-state index is 6.05. The molecule has 0 spiro atoms. The lowest BCUT2D eigenvalue weighted by Crippen LogP contribution is -2.29. The fraction of sp³-hybridized carbons (Fsp3) is 0.538. The molecule has 18 heavy (non-hydrogen) atoms. The third-order valence-corrected chi connectivity index (χ3v) is 3.71. The molecular weight excluding hydrogens is 271 g/mol. The van der Waals surface area contributed by atoms with Gasteiger partial charge in [-0.05, 0) is 31.0 Å². The first-order valence-electron chi connectivity index (χ1n) is 6.13. The van der Waals surface area contributed by atoms with E-state index in [0.717, 1.165) is 38.2 Å². The average Bonchev–Trinajstić information content (AvgIpc) is 2.50. The summed E-state index contributed by atoms with van der Waals surface area (Å²) in [7, 11) is 0. The molecule has 1 aliphatic rings. The molecule has 5 heteroatoms. The number of benzene rings is 1. The van der Waals surface area contributed by atoms with Gasteiger partial charge in [-0.2, -0.15) is 0 Å². The van der Waals surface area contributed by atoms with E-state index in [4.69, 9.17) is 33.7 Å². The summed E-state index contributed by atoms with van der Waals surface area (Å²) in [6.45, 7) is 5.72. The monoisotopic (exact) mass is 288 g/mol. The highest BCUT2D eigenvalue weighted by atomic mass is 35.5. The Balaban J connectivity index is 2.08. The van der Waals surface area contributed by atoms with Crippen molar-refractivity contribution in [1.29, 1.82) is 0 Å². The van der Waals surface area contributed by atoms with E-state index in [0.29, 0.717) is 15.7 Å². The van der Waals surface area contributed by atoms with E-state index >= 15 is 0 Å². The third kappa shape index (κ3) is 3.51. The summed E-state index contributed by atoms with van der Waals surface area (Å²) >= 11 is 12.1. The highest BCUT2D eigenvalue weighted by molar-refractivity contribution is 6.38. The first-order chi connectivity index (χ1) is 8.56. The molecule has 0 amide bonds. The molecule has 2 N–H and O–H groups in total. The highest BCUT2D eigenvalue weighted by Crippen LogP contribution is 2.29. The fourth-order valence-corrected chi connectivity index (χ4v) is 2.74. The van der Waals surface area contributed by atoms with E-state index in [1.807, 2.05) is 12.1 Å². The van der Waals surface area contributed by atoms with Crippen LogP contribution >= 0.6 is 23.2 Å². The van der Waals surface area contributed by atoms with Crippen molar-refractivity contribution in [3.63, 3.8) is 0 Å². The molecule has 0 saturated carbocycles. The lowest BCUT2D eigenvalue weighted by molar-refractivity contribution is 0.0668. The van der Waals surface area contributed by atoms with Crippen LogP contribution in [-0.4, -0.2) is 30.7 Å². The van der Waals surface area contributed by atoms with E-state index in [9.17, 15) is 0 Å². The van der Waals surface area contributed by atoms with E-state index in [1.54, 1.807) is 0 Å². The Hall–Kier alpha value is -0.480. The van der Waals surface area contributed by atoms with Crippen molar-refractivity contribution in [2.45, 2.75) is 26.0 Å². The van der Waals surface area contributed by atoms with Crippen molar-refractivity contribution in [2.24, 2.45) is 0 Å². The van der Waals surface area contributed by atoms with Gasteiger partial charge in [0.15, 0.2) is 0 Å². The van der Waals surface area contributed by atoms with Gasteiger partial charge in [0.25, 0.3) is 0 Å². The van der Waals surface area contributed by atoms with Gasteiger partial charge in [-0.1, -0.05) is 23.2 Å². The zero-order chi connectivity index (χ0) is 13.1. The Kier molecular flexibility index (Phi) is 4.73. The van der Waals surface area contributed by atoms with Gasteiger partial charge in [0, 0.05) is 26.2 Å². The predicted octanol–water partition coefficient (Wildman–Crippen LogP) is 3.19. The Morgan fingerprint density at radius 2 is 2.06 bits per heavy atom. The number of nitrogens with two attached hydrogens (primary N) is 1. The molecule has 1 unspecified atom stereocenters. The van der Waals surface area contributed by atoms with Gasteiger partial charge < -0.3 is 10.5 Å². The molecule has 0 aromatic heterocycles. The van der Waals surface area contributed by atoms with Gasteiger partial charge in [-0.15, -0.1) is 0 Å². The van der Waals surface area contributed by atoms with Gasteiger partial charge in [-0.3, -0.25) is 4.90 Å². The molecule has 1 atom stereocenters. The van der Waals surface area contributed by atoms with E-state index in [1.165, 1.54) is 0 Å². The summed E-state index contributed by atoms with van der Waals surface area (Å²) in [5.74, 6) is 0. The summed E-state index contributed by atoms with van der Waals surface area (Å²) in [5, 5.41) is 1.05. The second-order valence-electron chi connectivity index (χ2n) is 4.74. The van der Waals surface area contributed by atoms with Gasteiger partial charge in [-0.25, -0.2) is 0 Å². The molecule has 100 valence electrons. The molecule has 0 aliphatic carbocycles. The number of nitrogen functional groups attached to an aromatic ring is 1. The Morgan fingerprint density at radius 1 is 1.39 bits per heavy atom. The first kappa shape index (κ1) is 13.9. The summed E-state index contributed by atoms with van der Waals surface area (Å²) in [6.07, 6.45) is 1.33. The van der Waals surface area contributed by atoms with Crippen molar-refractivity contribution >= 4 is 28.9 Å². The standard InChI is InChI=1S/C13H18Cl2N2O/c1-9-7-17(3-2-4-18-9)8-10-5-11(14)13(16)12(15)6-10/h5-6,9H,2-4,7-8,16H2,1H3. The zero-order valence-electron chi connectivity index (χ0n) is 10.5. The minimum absolute atomic E-state index is 0.271. The van der Waals surface area contributed by atoms with Crippen LogP contribution < -0.4 is 5.73 Å². The normalized spacial score (nSPS) is 21.8. The summed E-state index contributed by atoms with van der Waals surface area (Å²) in [4.78, 5) is 2.36.